The van der Waals surface area contributed by atoms with Gasteiger partial charge in [-0.15, -0.1) is 0 Å². The molecule has 4 nitrogen and oxygen atoms in total. The summed E-state index contributed by atoms with van der Waals surface area (Å²) in [5.41, 5.74) is 0. The molecule has 0 saturated heterocycles. The zero-order chi connectivity index (χ0) is 12.0. The van der Waals surface area contributed by atoms with Crippen LogP contribution >= 0.6 is 0 Å². The molecule has 0 unspecified atom stereocenters. The third kappa shape index (κ3) is 2.50. The topological polar surface area (TPSA) is 95.2 Å². The minimum absolute atomic E-state index is 0.115. The summed E-state index contributed by atoms with van der Waals surface area (Å²) in [7, 11) is 0. The molecule has 1 saturated carbocycles. The van der Waals surface area contributed by atoms with Crippen LogP contribution in [0.3, 0.4) is 0 Å². The Hall–Kier alpha value is -2.04. The molecule has 0 aromatic heterocycles. The Bertz CT molecular complexity index is 325. The van der Waals surface area contributed by atoms with Crippen molar-refractivity contribution in [2.75, 3.05) is 0 Å². The van der Waals surface area contributed by atoms with Gasteiger partial charge in [0.25, 0.3) is 0 Å². The van der Waals surface area contributed by atoms with Crippen LogP contribution in [-0.2, 0) is 0 Å². The van der Waals surface area contributed by atoms with Crippen molar-refractivity contribution in [1.82, 2.24) is 0 Å². The zero-order valence-electron chi connectivity index (χ0n) is 8.93. The van der Waals surface area contributed by atoms with Gasteiger partial charge < -0.3 is 0 Å². The molecule has 0 amide bonds. The highest BCUT2D eigenvalue weighted by Gasteiger charge is 2.31. The van der Waals surface area contributed by atoms with Gasteiger partial charge in [-0.25, -0.2) is 0 Å². The van der Waals surface area contributed by atoms with Crippen molar-refractivity contribution in [3.63, 3.8) is 0 Å². The fourth-order valence-corrected chi connectivity index (χ4v) is 2.29. The normalized spacial score (nSPS) is 24.1. The average Bonchev–Trinajstić information content (AvgIpc) is 2.34. The SMILES string of the molecule is N#CC(C#N)C1CCC(C(C#N)C#N)CC1. The molecule has 0 heterocycles. The predicted octanol–water partition coefficient (Wildman–Crippen LogP) is 2.12. The van der Waals surface area contributed by atoms with Crippen LogP contribution < -0.4 is 0 Å². The van der Waals surface area contributed by atoms with Gasteiger partial charge in [-0.3, -0.25) is 0 Å². The fourth-order valence-electron chi connectivity index (χ4n) is 2.29. The Morgan fingerprint density at radius 1 is 0.625 bits per heavy atom. The van der Waals surface area contributed by atoms with E-state index in [0.29, 0.717) is 0 Å². The van der Waals surface area contributed by atoms with Crippen LogP contribution in [0.2, 0.25) is 0 Å². The summed E-state index contributed by atoms with van der Waals surface area (Å²) >= 11 is 0. The van der Waals surface area contributed by atoms with E-state index in [4.69, 9.17) is 21.0 Å². The Labute approximate surface area is 95.3 Å². The van der Waals surface area contributed by atoms with Gasteiger partial charge in [-0.2, -0.15) is 21.0 Å². The van der Waals surface area contributed by atoms with Gasteiger partial charge in [0.1, 0.15) is 11.8 Å². The molecule has 4 heteroatoms. The molecule has 0 radical (unpaired) electrons. The van der Waals surface area contributed by atoms with E-state index < -0.39 is 11.8 Å². The molecule has 1 aliphatic rings. The quantitative estimate of drug-likeness (QED) is 0.700. The first-order valence-corrected chi connectivity index (χ1v) is 5.35. The summed E-state index contributed by atoms with van der Waals surface area (Å²) < 4.78 is 0. The Morgan fingerprint density at radius 2 is 0.875 bits per heavy atom. The van der Waals surface area contributed by atoms with E-state index in [2.05, 4.69) is 0 Å². The monoisotopic (exact) mass is 212 g/mol. The Balaban J connectivity index is 2.54. The molecule has 0 N–H and O–H groups in total. The molecular formula is C12H12N4. The van der Waals surface area contributed by atoms with Crippen molar-refractivity contribution in [2.45, 2.75) is 25.7 Å². The van der Waals surface area contributed by atoms with Crippen molar-refractivity contribution in [1.29, 1.82) is 21.0 Å². The maximum Gasteiger partial charge on any atom is 0.136 e. The summed E-state index contributed by atoms with van der Waals surface area (Å²) in [6.45, 7) is 0. The van der Waals surface area contributed by atoms with Crippen LogP contribution in [0.4, 0.5) is 0 Å². The summed E-state index contributed by atoms with van der Waals surface area (Å²) in [4.78, 5) is 0. The summed E-state index contributed by atoms with van der Waals surface area (Å²) in [5.74, 6) is -0.847. The van der Waals surface area contributed by atoms with Crippen LogP contribution in [0.15, 0.2) is 0 Å². The van der Waals surface area contributed by atoms with Crippen molar-refractivity contribution in [3.05, 3.63) is 0 Å². The molecule has 0 bridgehead atoms. The van der Waals surface area contributed by atoms with Gasteiger partial charge in [-0.1, -0.05) is 0 Å². The van der Waals surface area contributed by atoms with E-state index in [1.807, 2.05) is 24.3 Å². The zero-order valence-corrected chi connectivity index (χ0v) is 8.93. The maximum absolute atomic E-state index is 8.77. The van der Waals surface area contributed by atoms with E-state index in [0.717, 1.165) is 25.7 Å². The molecule has 0 spiro atoms. The third-order valence-corrected chi connectivity index (χ3v) is 3.32. The smallest absolute Gasteiger partial charge is 0.136 e. The van der Waals surface area contributed by atoms with Crippen molar-refractivity contribution < 1.29 is 0 Å². The maximum atomic E-state index is 8.77. The molecule has 1 fully saturated rings. The lowest BCUT2D eigenvalue weighted by molar-refractivity contribution is 0.237. The van der Waals surface area contributed by atoms with E-state index in [1.54, 1.807) is 0 Å². The molecule has 0 aromatic rings. The lowest BCUT2D eigenvalue weighted by Crippen LogP contribution is -2.23. The Kier molecular flexibility index (Phi) is 4.32. The second-order valence-corrected chi connectivity index (χ2v) is 4.15. The average molecular weight is 212 g/mol. The van der Waals surface area contributed by atoms with Crippen molar-refractivity contribution in [2.24, 2.45) is 23.7 Å². The molecule has 16 heavy (non-hydrogen) atoms. The molecular weight excluding hydrogens is 200 g/mol. The van der Waals surface area contributed by atoms with Gasteiger partial charge >= 0.3 is 0 Å². The van der Waals surface area contributed by atoms with E-state index in [1.165, 1.54) is 0 Å². The molecule has 0 aliphatic heterocycles. The number of nitriles is 4. The van der Waals surface area contributed by atoms with Crippen molar-refractivity contribution >= 4 is 0 Å². The lowest BCUT2D eigenvalue weighted by atomic mass is 9.73. The fraction of sp³-hybridized carbons (Fsp3) is 0.667. The largest absolute Gasteiger partial charge is 0.197 e. The molecule has 0 atom stereocenters. The highest BCUT2D eigenvalue weighted by molar-refractivity contribution is 5.07. The molecule has 1 aliphatic carbocycles. The minimum atomic E-state index is -0.538. The van der Waals surface area contributed by atoms with Crippen LogP contribution in [-0.4, -0.2) is 0 Å². The number of hydrogen-bond donors (Lipinski definition) is 0. The summed E-state index contributed by atoms with van der Waals surface area (Å²) in [6.07, 6.45) is 3.10. The summed E-state index contributed by atoms with van der Waals surface area (Å²) in [5, 5.41) is 35.1. The van der Waals surface area contributed by atoms with Crippen LogP contribution in [0.5, 0.6) is 0 Å². The highest BCUT2D eigenvalue weighted by atomic mass is 14.4. The molecule has 80 valence electrons. The molecule has 0 aromatic carbocycles. The minimum Gasteiger partial charge on any atom is -0.197 e. The first kappa shape index (κ1) is 12.0. The number of nitrogens with zero attached hydrogens (tertiary/aromatic N) is 4. The number of rotatable bonds is 2. The first-order valence-electron chi connectivity index (χ1n) is 5.35. The van der Waals surface area contributed by atoms with Gasteiger partial charge in [0.2, 0.25) is 0 Å². The second kappa shape index (κ2) is 5.75. The van der Waals surface area contributed by atoms with Crippen LogP contribution in [0, 0.1) is 69.0 Å². The van der Waals surface area contributed by atoms with E-state index in [9.17, 15) is 0 Å². The lowest BCUT2D eigenvalue weighted by Gasteiger charge is -2.29. The summed E-state index contributed by atoms with van der Waals surface area (Å²) in [6, 6.07) is 8.01. The highest BCUT2D eigenvalue weighted by Crippen LogP contribution is 2.36. The van der Waals surface area contributed by atoms with Gasteiger partial charge in [0.15, 0.2) is 0 Å². The second-order valence-electron chi connectivity index (χ2n) is 4.15. The van der Waals surface area contributed by atoms with Crippen LogP contribution in [0.25, 0.3) is 0 Å². The third-order valence-electron chi connectivity index (χ3n) is 3.32. The van der Waals surface area contributed by atoms with E-state index in [-0.39, 0.29) is 11.8 Å². The van der Waals surface area contributed by atoms with Crippen molar-refractivity contribution in [3.8, 4) is 24.3 Å². The van der Waals surface area contributed by atoms with Gasteiger partial charge in [0, 0.05) is 0 Å². The predicted molar refractivity (Wildman–Crippen MR) is 54.9 cm³/mol. The van der Waals surface area contributed by atoms with Crippen LogP contribution in [0.1, 0.15) is 25.7 Å². The van der Waals surface area contributed by atoms with E-state index >= 15 is 0 Å². The Morgan fingerprint density at radius 3 is 1.06 bits per heavy atom. The first-order chi connectivity index (χ1) is 7.76. The number of hydrogen-bond acceptors (Lipinski definition) is 4. The molecule has 1 rings (SSSR count). The standard InChI is InChI=1S/C12H12N4/c13-5-11(6-14)9-1-2-10(4-3-9)12(7-15)8-16/h9-12H,1-4H2. The van der Waals surface area contributed by atoms with Gasteiger partial charge in [0.05, 0.1) is 24.3 Å². The van der Waals surface area contributed by atoms with Gasteiger partial charge in [-0.05, 0) is 37.5 Å².